The molecule has 1 amide bonds. The second-order valence-electron chi connectivity index (χ2n) is 9.82. The Hall–Kier alpha value is -4.45. The maximum atomic E-state index is 13.2. The van der Waals surface area contributed by atoms with Gasteiger partial charge in [0.2, 0.25) is 15.9 Å². The van der Waals surface area contributed by atoms with Crippen LogP contribution in [-0.2, 0) is 21.4 Å². The molecule has 0 radical (unpaired) electrons. The van der Waals surface area contributed by atoms with Gasteiger partial charge in [-0.2, -0.15) is 0 Å². The van der Waals surface area contributed by atoms with Gasteiger partial charge in [0.05, 0.1) is 36.4 Å². The molecular weight excluding hydrogens is 537 g/mol. The second-order valence-corrected chi connectivity index (χ2v) is 11.7. The molecule has 1 N–H and O–H groups in total. The first kappa shape index (κ1) is 25.8. The van der Waals surface area contributed by atoms with Crippen LogP contribution in [-0.4, -0.2) is 42.6 Å². The molecule has 3 atom stereocenters. The number of sulfonamides is 1. The van der Waals surface area contributed by atoms with Gasteiger partial charge in [-0.1, -0.05) is 17.3 Å². The Balaban J connectivity index is 1.39. The van der Waals surface area contributed by atoms with Crippen molar-refractivity contribution in [2.24, 2.45) is 0 Å². The van der Waals surface area contributed by atoms with Crippen molar-refractivity contribution in [3.05, 3.63) is 95.1 Å². The SMILES string of the molecule is CNC(=O)C1c2cc3c(cc2OC1c1ccc(Oc2ccc(F)cc2)cc1)N(S(C)(=O)=O)Cc1cnnn1[C@H]3C. The highest BCUT2D eigenvalue weighted by Crippen LogP contribution is 2.50. The smallest absolute Gasteiger partial charge is 0.232 e. The number of amides is 1. The van der Waals surface area contributed by atoms with Crippen LogP contribution in [0.15, 0.2) is 66.9 Å². The molecule has 0 aliphatic carbocycles. The van der Waals surface area contributed by atoms with Crippen molar-refractivity contribution in [1.82, 2.24) is 20.3 Å². The van der Waals surface area contributed by atoms with Gasteiger partial charge >= 0.3 is 0 Å². The zero-order valence-corrected chi connectivity index (χ0v) is 22.7. The summed E-state index contributed by atoms with van der Waals surface area (Å²) in [4.78, 5) is 13.2. The standard InChI is InChI=1S/C28H26FN5O5S/c1-16-22-12-23-25(13-24(22)33(40(3,36)37)15-19-14-31-32-34(16)19)39-27(26(23)28(35)30-2)17-4-8-20(9-5-17)38-21-10-6-18(29)7-11-21/h4-14,16,26-27H,15H2,1-3H3,(H,30,35)/t16-,26?,27?/m0/s1. The number of carbonyl (C=O) groups is 1. The van der Waals surface area contributed by atoms with E-state index in [1.54, 1.807) is 36.1 Å². The lowest BCUT2D eigenvalue weighted by Gasteiger charge is -2.23. The van der Waals surface area contributed by atoms with E-state index in [9.17, 15) is 17.6 Å². The third-order valence-corrected chi connectivity index (χ3v) is 8.40. The topological polar surface area (TPSA) is 116 Å². The van der Waals surface area contributed by atoms with Crippen LogP contribution in [0.4, 0.5) is 10.1 Å². The lowest BCUT2D eigenvalue weighted by molar-refractivity contribution is -0.123. The number of anilines is 1. The molecule has 2 aliphatic rings. The molecule has 0 bridgehead atoms. The summed E-state index contributed by atoms with van der Waals surface area (Å²) in [6.45, 7) is 1.98. The number of carbonyl (C=O) groups excluding carboxylic acids is 1. The van der Waals surface area contributed by atoms with Gasteiger partial charge in [0, 0.05) is 24.2 Å². The Morgan fingerprint density at radius 2 is 1.75 bits per heavy atom. The monoisotopic (exact) mass is 563 g/mol. The molecule has 40 heavy (non-hydrogen) atoms. The molecule has 1 aromatic heterocycles. The third-order valence-electron chi connectivity index (χ3n) is 7.28. The molecule has 2 unspecified atom stereocenters. The summed E-state index contributed by atoms with van der Waals surface area (Å²) in [6, 6.07) is 16.0. The molecule has 3 aromatic carbocycles. The van der Waals surface area contributed by atoms with Crippen LogP contribution < -0.4 is 19.1 Å². The van der Waals surface area contributed by atoms with E-state index in [1.807, 2.05) is 25.1 Å². The Morgan fingerprint density at radius 3 is 2.40 bits per heavy atom. The van der Waals surface area contributed by atoms with Crippen LogP contribution in [0.25, 0.3) is 0 Å². The predicted molar refractivity (Wildman–Crippen MR) is 144 cm³/mol. The third kappa shape index (κ3) is 4.43. The van der Waals surface area contributed by atoms with Gasteiger partial charge in [-0.15, -0.1) is 5.10 Å². The van der Waals surface area contributed by atoms with Gasteiger partial charge in [0.25, 0.3) is 0 Å². The van der Waals surface area contributed by atoms with Gasteiger partial charge < -0.3 is 14.8 Å². The van der Waals surface area contributed by atoms with E-state index in [4.69, 9.17) is 9.47 Å². The lowest BCUT2D eigenvalue weighted by atomic mass is 9.88. The minimum atomic E-state index is -3.66. The van der Waals surface area contributed by atoms with Crippen molar-refractivity contribution in [2.45, 2.75) is 31.5 Å². The van der Waals surface area contributed by atoms with E-state index >= 15 is 0 Å². The number of fused-ring (bicyclic) bond motifs is 3. The first-order valence-electron chi connectivity index (χ1n) is 12.6. The highest BCUT2D eigenvalue weighted by molar-refractivity contribution is 7.92. The van der Waals surface area contributed by atoms with Crippen LogP contribution >= 0.6 is 0 Å². The molecule has 10 nitrogen and oxygen atoms in total. The van der Waals surface area contributed by atoms with Crippen molar-refractivity contribution in [3.8, 4) is 17.2 Å². The number of hydrogen-bond donors (Lipinski definition) is 1. The predicted octanol–water partition coefficient (Wildman–Crippen LogP) is 4.06. The summed E-state index contributed by atoms with van der Waals surface area (Å²) in [5.41, 5.74) is 3.20. The van der Waals surface area contributed by atoms with Crippen LogP contribution in [0.5, 0.6) is 17.2 Å². The molecular formula is C28H26FN5O5S. The Kier molecular flexibility index (Phi) is 6.21. The first-order valence-corrected chi connectivity index (χ1v) is 14.4. The molecule has 206 valence electrons. The quantitative estimate of drug-likeness (QED) is 0.389. The highest BCUT2D eigenvalue weighted by atomic mass is 32.2. The number of aromatic nitrogens is 3. The fourth-order valence-corrected chi connectivity index (χ4v) is 6.17. The van der Waals surface area contributed by atoms with Gasteiger partial charge in [-0.25, -0.2) is 17.5 Å². The van der Waals surface area contributed by atoms with Gasteiger partial charge in [0.15, 0.2) is 0 Å². The molecule has 12 heteroatoms. The number of benzene rings is 3. The van der Waals surface area contributed by atoms with Crippen LogP contribution in [0.2, 0.25) is 0 Å². The minimum Gasteiger partial charge on any atom is -0.484 e. The molecule has 2 aliphatic heterocycles. The average molecular weight is 564 g/mol. The van der Waals surface area contributed by atoms with E-state index in [-0.39, 0.29) is 24.3 Å². The maximum absolute atomic E-state index is 13.2. The first-order chi connectivity index (χ1) is 19.1. The number of nitrogens with zero attached hydrogens (tertiary/aromatic N) is 4. The molecule has 0 saturated carbocycles. The summed E-state index contributed by atoms with van der Waals surface area (Å²) in [6.07, 6.45) is 2.04. The molecule has 6 rings (SSSR count). The summed E-state index contributed by atoms with van der Waals surface area (Å²) in [5, 5.41) is 10.9. The number of ether oxygens (including phenoxy) is 2. The van der Waals surface area contributed by atoms with Gasteiger partial charge in [-0.05, 0) is 55.0 Å². The zero-order chi connectivity index (χ0) is 28.2. The van der Waals surface area contributed by atoms with E-state index in [0.717, 1.165) is 11.8 Å². The van der Waals surface area contributed by atoms with Crippen molar-refractivity contribution in [3.63, 3.8) is 0 Å². The van der Waals surface area contributed by atoms with E-state index in [0.29, 0.717) is 39.8 Å². The molecule has 4 aromatic rings. The molecule has 3 heterocycles. The van der Waals surface area contributed by atoms with Crippen LogP contribution in [0, 0.1) is 5.82 Å². The fourth-order valence-electron chi connectivity index (χ4n) is 5.29. The molecule has 0 fully saturated rings. The molecule has 0 saturated heterocycles. The number of nitrogens with one attached hydrogen (secondary N) is 1. The number of halogens is 1. The Morgan fingerprint density at radius 1 is 1.07 bits per heavy atom. The van der Waals surface area contributed by atoms with Gasteiger partial charge in [-0.3, -0.25) is 9.10 Å². The number of likely N-dealkylation sites (N-methyl/N-ethyl adjacent to an activating group) is 1. The van der Waals surface area contributed by atoms with Crippen molar-refractivity contribution in [2.75, 3.05) is 17.6 Å². The number of rotatable bonds is 5. The summed E-state index contributed by atoms with van der Waals surface area (Å²) >= 11 is 0. The van der Waals surface area contributed by atoms with Crippen LogP contribution in [0.3, 0.4) is 0 Å². The van der Waals surface area contributed by atoms with Gasteiger partial charge in [0.1, 0.15) is 35.1 Å². The Bertz CT molecular complexity index is 1710. The largest absolute Gasteiger partial charge is 0.484 e. The van der Waals surface area contributed by atoms with Crippen molar-refractivity contribution < 1.29 is 27.1 Å². The number of hydrogen-bond acceptors (Lipinski definition) is 7. The zero-order valence-electron chi connectivity index (χ0n) is 21.9. The summed E-state index contributed by atoms with van der Waals surface area (Å²) in [5.74, 6) is 0.180. The Labute approximate surface area is 230 Å². The van der Waals surface area contributed by atoms with E-state index in [2.05, 4.69) is 15.6 Å². The minimum absolute atomic E-state index is 0.0692. The highest BCUT2D eigenvalue weighted by Gasteiger charge is 2.42. The van der Waals surface area contributed by atoms with E-state index < -0.39 is 22.0 Å². The molecule has 0 spiro atoms. The second kappa shape index (κ2) is 9.63. The van der Waals surface area contributed by atoms with Crippen molar-refractivity contribution in [1.29, 1.82) is 0 Å². The summed E-state index contributed by atoms with van der Waals surface area (Å²) in [7, 11) is -2.10. The van der Waals surface area contributed by atoms with E-state index in [1.165, 1.54) is 28.6 Å². The lowest BCUT2D eigenvalue weighted by Crippen LogP contribution is -2.29. The van der Waals surface area contributed by atoms with Crippen LogP contribution in [0.1, 0.15) is 47.4 Å². The fraction of sp³-hybridized carbons (Fsp3) is 0.250. The van der Waals surface area contributed by atoms with Crippen molar-refractivity contribution >= 4 is 21.6 Å². The normalized spacial score (nSPS) is 19.6. The maximum Gasteiger partial charge on any atom is 0.232 e. The average Bonchev–Trinajstić information content (AvgIpc) is 3.53. The summed E-state index contributed by atoms with van der Waals surface area (Å²) < 4.78 is 54.1.